The first-order valence-corrected chi connectivity index (χ1v) is 6.11. The van der Waals surface area contributed by atoms with Gasteiger partial charge >= 0.3 is 9.53 Å². The quantitative estimate of drug-likeness (QED) is 0.673. The first kappa shape index (κ1) is 17.7. The fourth-order valence-electron chi connectivity index (χ4n) is 0.971. The number of nitrogens with one attached hydrogen (secondary N) is 1. The van der Waals surface area contributed by atoms with Crippen molar-refractivity contribution in [2.75, 3.05) is 34.4 Å². The van der Waals surface area contributed by atoms with Crippen LogP contribution in [0.2, 0.25) is 0 Å². The van der Waals surface area contributed by atoms with E-state index in [1.165, 1.54) is 0 Å². The highest BCUT2D eigenvalue weighted by Crippen LogP contribution is 2.04. The van der Waals surface area contributed by atoms with E-state index < -0.39 is 9.53 Å². The molecule has 1 aliphatic heterocycles. The number of rotatable bonds is 4. The second kappa shape index (κ2) is 10.8. The fourth-order valence-corrected chi connectivity index (χ4v) is 1.55. The van der Waals surface area contributed by atoms with Gasteiger partial charge in [0.1, 0.15) is 0 Å². The van der Waals surface area contributed by atoms with Crippen molar-refractivity contribution in [3.05, 3.63) is 0 Å². The molecule has 1 saturated heterocycles. The Morgan fingerprint density at radius 3 is 1.60 bits per heavy atom. The molecule has 1 fully saturated rings. The van der Waals surface area contributed by atoms with Crippen LogP contribution < -0.4 is 11.1 Å². The molecular formula is C8H23ClN2O3Si. The first-order valence-electron chi connectivity index (χ1n) is 4.70. The maximum atomic E-state index is 5.56. The molecule has 5 nitrogen and oxygen atoms in total. The molecule has 1 rings (SSSR count). The van der Waals surface area contributed by atoms with E-state index in [0.29, 0.717) is 6.04 Å². The zero-order valence-electron chi connectivity index (χ0n) is 9.86. The van der Waals surface area contributed by atoms with Crippen LogP contribution in [-0.4, -0.2) is 50.0 Å². The maximum absolute atomic E-state index is 5.56. The molecule has 0 aromatic carbocycles. The Hall–Kier alpha value is 0.307. The van der Waals surface area contributed by atoms with E-state index in [2.05, 4.69) is 12.2 Å². The molecule has 0 radical (unpaired) electrons. The van der Waals surface area contributed by atoms with E-state index in [-0.39, 0.29) is 12.4 Å². The summed E-state index contributed by atoms with van der Waals surface area (Å²) in [5.41, 5.74) is 5.56. The largest absolute Gasteiger partial charge is 0.483 e. The minimum Gasteiger partial charge on any atom is -0.379 e. The molecule has 1 atom stereocenters. The van der Waals surface area contributed by atoms with Crippen molar-refractivity contribution >= 4 is 21.9 Å². The topological polar surface area (TPSA) is 65.7 Å². The van der Waals surface area contributed by atoms with E-state index >= 15 is 0 Å². The van der Waals surface area contributed by atoms with Crippen LogP contribution in [0.25, 0.3) is 0 Å². The van der Waals surface area contributed by atoms with Gasteiger partial charge in [-0.15, -0.1) is 12.4 Å². The Labute approximate surface area is 100 Å². The molecule has 0 bridgehead atoms. The predicted molar refractivity (Wildman–Crippen MR) is 65.4 cm³/mol. The number of hydrogen-bond acceptors (Lipinski definition) is 5. The van der Waals surface area contributed by atoms with Gasteiger partial charge in [0.05, 0.1) is 0 Å². The smallest absolute Gasteiger partial charge is 0.379 e. The van der Waals surface area contributed by atoms with Crippen LogP contribution in [0, 0.1) is 5.92 Å². The second-order valence-electron chi connectivity index (χ2n) is 3.27. The van der Waals surface area contributed by atoms with E-state index in [1.807, 2.05) is 0 Å². The monoisotopic (exact) mass is 258 g/mol. The van der Waals surface area contributed by atoms with Crippen LogP contribution in [0.15, 0.2) is 0 Å². The van der Waals surface area contributed by atoms with Crippen LogP contribution in [0.1, 0.15) is 6.92 Å². The summed E-state index contributed by atoms with van der Waals surface area (Å²) < 4.78 is 14.2. The molecule has 0 spiro atoms. The van der Waals surface area contributed by atoms with Gasteiger partial charge in [0.15, 0.2) is 0 Å². The lowest BCUT2D eigenvalue weighted by Gasteiger charge is -2.30. The molecule has 3 N–H and O–H groups in total. The first-order chi connectivity index (χ1) is 6.65. The third-order valence-corrected chi connectivity index (χ3v) is 3.29. The van der Waals surface area contributed by atoms with Crippen molar-refractivity contribution in [1.82, 2.24) is 5.32 Å². The molecule has 0 saturated carbocycles. The number of hydrogen-bond donors (Lipinski definition) is 2. The Morgan fingerprint density at radius 2 is 1.60 bits per heavy atom. The normalized spacial score (nSPS) is 17.2. The highest BCUT2D eigenvalue weighted by atomic mass is 35.5. The Balaban J connectivity index is 0. The van der Waals surface area contributed by atoms with Gasteiger partial charge in [-0.25, -0.2) is 0 Å². The zero-order chi connectivity index (χ0) is 11.0. The van der Waals surface area contributed by atoms with Crippen molar-refractivity contribution in [3.8, 4) is 0 Å². The van der Waals surface area contributed by atoms with E-state index in [1.54, 1.807) is 21.3 Å². The van der Waals surface area contributed by atoms with E-state index in [4.69, 9.17) is 19.0 Å². The van der Waals surface area contributed by atoms with Crippen LogP contribution in [-0.2, 0) is 13.3 Å². The molecule has 1 aliphatic rings. The van der Waals surface area contributed by atoms with Crippen molar-refractivity contribution in [1.29, 1.82) is 0 Å². The van der Waals surface area contributed by atoms with Crippen molar-refractivity contribution in [3.63, 3.8) is 0 Å². The summed E-state index contributed by atoms with van der Waals surface area (Å²) in [6.07, 6.45) is 0. The van der Waals surface area contributed by atoms with Crippen LogP contribution in [0.4, 0.5) is 0 Å². The molecule has 1 heterocycles. The van der Waals surface area contributed by atoms with Gasteiger partial charge in [-0.3, -0.25) is 0 Å². The Morgan fingerprint density at radius 1 is 1.20 bits per heavy atom. The van der Waals surface area contributed by atoms with Gasteiger partial charge in [0, 0.05) is 40.5 Å². The molecule has 0 aromatic rings. The highest BCUT2D eigenvalue weighted by molar-refractivity contribution is 6.36. The van der Waals surface area contributed by atoms with Gasteiger partial charge < -0.3 is 24.3 Å². The van der Waals surface area contributed by atoms with Crippen molar-refractivity contribution in [2.45, 2.75) is 13.0 Å². The molecule has 7 heteroatoms. The lowest BCUT2D eigenvalue weighted by atomic mass is 9.96. The van der Waals surface area contributed by atoms with Gasteiger partial charge in [0.25, 0.3) is 0 Å². The van der Waals surface area contributed by atoms with Gasteiger partial charge in [-0.05, 0) is 12.8 Å². The maximum Gasteiger partial charge on any atom is 0.483 e. The van der Waals surface area contributed by atoms with Gasteiger partial charge in [-0.1, -0.05) is 0 Å². The zero-order valence-corrected chi connectivity index (χ0v) is 11.8. The summed E-state index contributed by atoms with van der Waals surface area (Å²) in [6.45, 7) is 4.31. The van der Waals surface area contributed by atoms with E-state index in [9.17, 15) is 0 Å². The summed E-state index contributed by atoms with van der Waals surface area (Å²) in [5.74, 6) is 0.750. The van der Waals surface area contributed by atoms with Crippen LogP contribution in [0.3, 0.4) is 0 Å². The van der Waals surface area contributed by atoms with Gasteiger partial charge in [-0.2, -0.15) is 0 Å². The fraction of sp³-hybridized carbons (Fsp3) is 1.00. The summed E-state index contributed by atoms with van der Waals surface area (Å²) in [6, 6.07) is 0.390. The van der Waals surface area contributed by atoms with Gasteiger partial charge in [0.2, 0.25) is 0 Å². The minimum atomic E-state index is -1.67. The third kappa shape index (κ3) is 8.15. The highest BCUT2D eigenvalue weighted by Gasteiger charge is 2.19. The molecule has 0 amide bonds. The lowest BCUT2D eigenvalue weighted by molar-refractivity contribution is 0.163. The minimum absolute atomic E-state index is 0. The summed E-state index contributed by atoms with van der Waals surface area (Å²) in [5, 5.41) is 3.16. The van der Waals surface area contributed by atoms with Crippen molar-refractivity contribution in [2.24, 2.45) is 11.7 Å². The van der Waals surface area contributed by atoms with E-state index in [0.717, 1.165) is 19.0 Å². The molecule has 0 aromatic heterocycles. The molecule has 0 aliphatic carbocycles. The lowest BCUT2D eigenvalue weighted by Crippen LogP contribution is -2.50. The molecule has 15 heavy (non-hydrogen) atoms. The summed E-state index contributed by atoms with van der Waals surface area (Å²) in [4.78, 5) is 0. The summed E-state index contributed by atoms with van der Waals surface area (Å²) >= 11 is 0. The standard InChI is InChI=1S/C5H12N2.C3H10O3Si.ClH/c1-4(6)5-2-7-3-5;1-4-7(5-2)6-3;/h4-5,7H,2-3,6H2,1H3;7H,1-3H3;1H. The second-order valence-corrected chi connectivity index (χ2v) is 5.26. The molecule has 1 unspecified atom stereocenters. The average Bonchev–Trinajstić information content (AvgIpc) is 2.04. The predicted octanol–water partition coefficient (Wildman–Crippen LogP) is -0.382. The number of halogens is 1. The Kier molecular flexibility index (Phi) is 12.8. The number of nitrogens with two attached hydrogens (primary N) is 1. The molecule has 94 valence electrons. The average molecular weight is 259 g/mol. The third-order valence-electron chi connectivity index (χ3n) is 2.13. The SMILES string of the molecule is CC(N)C1CNC1.CO[SiH](OC)OC.Cl. The van der Waals surface area contributed by atoms with Crippen LogP contribution >= 0.6 is 12.4 Å². The van der Waals surface area contributed by atoms with Crippen LogP contribution in [0.5, 0.6) is 0 Å². The summed E-state index contributed by atoms with van der Waals surface area (Å²) in [7, 11) is 3.05. The van der Waals surface area contributed by atoms with Crippen molar-refractivity contribution < 1.29 is 13.3 Å². The Bertz CT molecular complexity index is 126. The molecular weight excluding hydrogens is 236 g/mol.